The molecule has 0 saturated heterocycles. The Morgan fingerprint density at radius 1 is 1.41 bits per heavy atom. The van der Waals surface area contributed by atoms with Crippen LogP contribution in [0, 0.1) is 0 Å². The Morgan fingerprint density at radius 2 is 2.12 bits per heavy atom. The molecule has 0 saturated carbocycles. The minimum absolute atomic E-state index is 0.0186. The smallest absolute Gasteiger partial charge is 0.348 e. The molecule has 1 aromatic rings. The molecule has 3 heteroatoms. The van der Waals surface area contributed by atoms with E-state index in [0.717, 1.165) is 18.4 Å². The summed E-state index contributed by atoms with van der Waals surface area (Å²) in [6, 6.07) is 9.84. The zero-order valence-corrected chi connectivity index (χ0v) is 10.4. The third-order valence-electron chi connectivity index (χ3n) is 2.43. The first kappa shape index (κ1) is 13.4. The predicted octanol–water partition coefficient (Wildman–Crippen LogP) is 3.16. The van der Waals surface area contributed by atoms with Crippen molar-refractivity contribution in [1.29, 1.82) is 0 Å². The summed E-state index contributed by atoms with van der Waals surface area (Å²) in [6.07, 6.45) is 3.19. The Labute approximate surface area is 103 Å². The Morgan fingerprint density at radius 3 is 2.76 bits per heavy atom. The molecule has 1 rings (SSSR count). The van der Waals surface area contributed by atoms with Crippen molar-refractivity contribution in [3.63, 3.8) is 0 Å². The normalized spacial score (nSPS) is 12.6. The zero-order valence-electron chi connectivity index (χ0n) is 10.4. The van der Waals surface area contributed by atoms with Crippen molar-refractivity contribution in [3.8, 4) is 0 Å². The first-order valence-electron chi connectivity index (χ1n) is 5.99. The third kappa shape index (κ3) is 5.29. The van der Waals surface area contributed by atoms with Crippen LogP contribution in [0.25, 0.3) is 0 Å². The fourth-order valence-electron chi connectivity index (χ4n) is 1.34. The Balaban J connectivity index is 2.40. The first-order valence-corrected chi connectivity index (χ1v) is 5.99. The third-order valence-corrected chi connectivity index (χ3v) is 2.43. The molecule has 0 aliphatic heterocycles. The van der Waals surface area contributed by atoms with E-state index in [1.165, 1.54) is 6.21 Å². The molecule has 0 amide bonds. The van der Waals surface area contributed by atoms with Crippen LogP contribution in [0.4, 0.5) is 0 Å². The highest BCUT2D eigenvalue weighted by Crippen LogP contribution is 2.14. The molecule has 92 valence electrons. The molecule has 0 spiro atoms. The second-order valence-electron chi connectivity index (χ2n) is 3.89. The number of benzene rings is 1. The van der Waals surface area contributed by atoms with Gasteiger partial charge in [0.2, 0.25) is 0 Å². The number of unbranched alkanes of at least 4 members (excludes halogenated alkanes) is 1. The van der Waals surface area contributed by atoms with Gasteiger partial charge in [-0.2, -0.15) is 0 Å². The maximum absolute atomic E-state index is 11.3. The highest BCUT2D eigenvalue weighted by Gasteiger charge is 2.02. The summed E-state index contributed by atoms with van der Waals surface area (Å²) in [5.41, 5.74) is 1.09. The maximum atomic E-state index is 11.3. The minimum Gasteiger partial charge on any atom is -0.461 e. The summed E-state index contributed by atoms with van der Waals surface area (Å²) in [4.78, 5) is 15.5. The van der Waals surface area contributed by atoms with Gasteiger partial charge in [0.1, 0.15) is 6.21 Å². The molecule has 1 atom stereocenters. The van der Waals surface area contributed by atoms with E-state index in [0.29, 0.717) is 6.61 Å². The van der Waals surface area contributed by atoms with Gasteiger partial charge >= 0.3 is 5.97 Å². The summed E-state index contributed by atoms with van der Waals surface area (Å²) in [5, 5.41) is 0. The highest BCUT2D eigenvalue weighted by atomic mass is 16.5. The molecule has 0 N–H and O–H groups in total. The number of hydrogen-bond donors (Lipinski definition) is 0. The molecule has 0 fully saturated rings. The topological polar surface area (TPSA) is 38.7 Å². The van der Waals surface area contributed by atoms with Crippen LogP contribution in [-0.2, 0) is 9.53 Å². The standard InChI is InChI=1S/C14H19NO2/c1-3-4-10-17-14(16)11-15-12(2)13-8-6-5-7-9-13/h5-9,11-12H,3-4,10H2,1-2H3/t12-/m1/s1. The van der Waals surface area contributed by atoms with Crippen molar-refractivity contribution in [1.82, 2.24) is 0 Å². The van der Waals surface area contributed by atoms with E-state index in [9.17, 15) is 4.79 Å². The summed E-state index contributed by atoms with van der Waals surface area (Å²) < 4.78 is 4.98. The van der Waals surface area contributed by atoms with Crippen molar-refractivity contribution in [3.05, 3.63) is 35.9 Å². The molecule has 0 unspecified atom stereocenters. The number of rotatable bonds is 6. The number of carbonyl (C=O) groups excluding carboxylic acids is 1. The largest absolute Gasteiger partial charge is 0.461 e. The number of hydrogen-bond acceptors (Lipinski definition) is 3. The lowest BCUT2D eigenvalue weighted by Crippen LogP contribution is -2.07. The van der Waals surface area contributed by atoms with Crippen LogP contribution in [-0.4, -0.2) is 18.8 Å². The molecule has 0 heterocycles. The Hall–Kier alpha value is -1.64. The summed E-state index contributed by atoms with van der Waals surface area (Å²) >= 11 is 0. The molecular formula is C14H19NO2. The van der Waals surface area contributed by atoms with Crippen molar-refractivity contribution >= 4 is 12.2 Å². The molecule has 0 aliphatic rings. The molecule has 3 nitrogen and oxygen atoms in total. The van der Waals surface area contributed by atoms with Crippen LogP contribution in [0.3, 0.4) is 0 Å². The molecule has 17 heavy (non-hydrogen) atoms. The quantitative estimate of drug-likeness (QED) is 0.430. The molecule has 0 aliphatic carbocycles. The van der Waals surface area contributed by atoms with E-state index in [2.05, 4.69) is 11.9 Å². The number of ether oxygens (including phenoxy) is 1. The van der Waals surface area contributed by atoms with Gasteiger partial charge in [0, 0.05) is 0 Å². The Bertz CT molecular complexity index is 360. The van der Waals surface area contributed by atoms with Gasteiger partial charge in [0.15, 0.2) is 0 Å². The zero-order chi connectivity index (χ0) is 12.5. The van der Waals surface area contributed by atoms with E-state index in [1.807, 2.05) is 37.3 Å². The minimum atomic E-state index is -0.360. The van der Waals surface area contributed by atoms with Gasteiger partial charge < -0.3 is 4.74 Å². The second kappa shape index (κ2) is 7.60. The average Bonchev–Trinajstić information content (AvgIpc) is 2.37. The van der Waals surface area contributed by atoms with Gasteiger partial charge in [-0.3, -0.25) is 4.99 Å². The molecule has 0 aromatic heterocycles. The van der Waals surface area contributed by atoms with E-state index in [4.69, 9.17) is 4.74 Å². The van der Waals surface area contributed by atoms with Crippen LogP contribution in [0.2, 0.25) is 0 Å². The first-order chi connectivity index (χ1) is 8.24. The van der Waals surface area contributed by atoms with Crippen LogP contribution >= 0.6 is 0 Å². The fraction of sp³-hybridized carbons (Fsp3) is 0.429. The van der Waals surface area contributed by atoms with Crippen molar-refractivity contribution in [2.24, 2.45) is 4.99 Å². The molecule has 1 aromatic carbocycles. The van der Waals surface area contributed by atoms with Gasteiger partial charge in [-0.1, -0.05) is 43.7 Å². The molecule has 0 radical (unpaired) electrons. The van der Waals surface area contributed by atoms with Gasteiger partial charge in [0.05, 0.1) is 12.6 Å². The van der Waals surface area contributed by atoms with Gasteiger partial charge in [-0.05, 0) is 18.9 Å². The summed E-state index contributed by atoms with van der Waals surface area (Å²) in [5.74, 6) is -0.360. The van der Waals surface area contributed by atoms with E-state index in [-0.39, 0.29) is 12.0 Å². The fourth-order valence-corrected chi connectivity index (χ4v) is 1.34. The van der Waals surface area contributed by atoms with Crippen molar-refractivity contribution in [2.75, 3.05) is 6.61 Å². The summed E-state index contributed by atoms with van der Waals surface area (Å²) in [7, 11) is 0. The van der Waals surface area contributed by atoms with Crippen molar-refractivity contribution < 1.29 is 9.53 Å². The second-order valence-corrected chi connectivity index (χ2v) is 3.89. The highest BCUT2D eigenvalue weighted by molar-refractivity contribution is 6.23. The lowest BCUT2D eigenvalue weighted by atomic mass is 10.1. The number of nitrogens with zero attached hydrogens (tertiary/aromatic N) is 1. The van der Waals surface area contributed by atoms with Gasteiger partial charge in [-0.25, -0.2) is 4.79 Å². The lowest BCUT2D eigenvalue weighted by Gasteiger charge is -2.05. The van der Waals surface area contributed by atoms with Crippen LogP contribution in [0.15, 0.2) is 35.3 Å². The SMILES string of the molecule is CCCCOC(=O)C=N[C@H](C)c1ccccc1. The van der Waals surface area contributed by atoms with Crippen LogP contribution < -0.4 is 0 Å². The number of aliphatic imine (C=N–C) groups is 1. The van der Waals surface area contributed by atoms with E-state index < -0.39 is 0 Å². The summed E-state index contributed by atoms with van der Waals surface area (Å²) in [6.45, 7) is 4.48. The lowest BCUT2D eigenvalue weighted by molar-refractivity contribution is -0.135. The molecular weight excluding hydrogens is 214 g/mol. The van der Waals surface area contributed by atoms with E-state index >= 15 is 0 Å². The van der Waals surface area contributed by atoms with Crippen LogP contribution in [0.1, 0.15) is 38.3 Å². The monoisotopic (exact) mass is 233 g/mol. The van der Waals surface area contributed by atoms with Crippen molar-refractivity contribution in [2.45, 2.75) is 32.7 Å². The number of carbonyl (C=O) groups is 1. The number of esters is 1. The maximum Gasteiger partial charge on any atom is 0.348 e. The Kier molecular flexibility index (Phi) is 6.00. The van der Waals surface area contributed by atoms with E-state index in [1.54, 1.807) is 0 Å². The predicted molar refractivity (Wildman–Crippen MR) is 69.2 cm³/mol. The average molecular weight is 233 g/mol. The van der Waals surface area contributed by atoms with Crippen LogP contribution in [0.5, 0.6) is 0 Å². The van der Waals surface area contributed by atoms with Gasteiger partial charge in [0.25, 0.3) is 0 Å². The molecule has 0 bridgehead atoms. The van der Waals surface area contributed by atoms with Gasteiger partial charge in [-0.15, -0.1) is 0 Å².